The molecule has 0 aliphatic carbocycles. The minimum Gasteiger partial charge on any atom is -0.480 e. The van der Waals surface area contributed by atoms with E-state index in [-0.39, 0.29) is 5.91 Å². The highest BCUT2D eigenvalue weighted by Gasteiger charge is 2.32. The Hall–Kier alpha value is -2.39. The quantitative estimate of drug-likeness (QED) is 0.503. The van der Waals surface area contributed by atoms with Crippen LogP contribution in [0.1, 0.15) is 26.3 Å². The Morgan fingerprint density at radius 2 is 1.86 bits per heavy atom. The molecule has 7 nitrogen and oxygen atoms in total. The number of rotatable bonds is 7. The number of nitrogens with zero attached hydrogens (tertiary/aromatic N) is 3. The van der Waals surface area contributed by atoms with Crippen molar-refractivity contribution < 1.29 is 14.7 Å². The Morgan fingerprint density at radius 3 is 2.52 bits per heavy atom. The fourth-order valence-corrected chi connectivity index (χ4v) is 4.55. The first-order valence-corrected chi connectivity index (χ1v) is 10.7. The summed E-state index contributed by atoms with van der Waals surface area (Å²) < 4.78 is 1.44. The second kappa shape index (κ2) is 8.54. The summed E-state index contributed by atoms with van der Waals surface area (Å²) in [4.78, 5) is 23.2. The van der Waals surface area contributed by atoms with Crippen molar-refractivity contribution >= 4 is 50.3 Å². The molecule has 1 amide bonds. The maximum absolute atomic E-state index is 12.5. The molecule has 0 saturated carbocycles. The number of carbonyl (C=O) groups is 2. The van der Waals surface area contributed by atoms with Crippen LogP contribution < -0.4 is 5.32 Å². The number of aryl methyl sites for hydroxylation is 1. The third kappa shape index (κ3) is 4.45. The molecule has 0 unspecified atom stereocenters. The molecule has 1 heterocycles. The Kier molecular flexibility index (Phi) is 6.28. The van der Waals surface area contributed by atoms with Crippen LogP contribution in [0.25, 0.3) is 16.5 Å². The van der Waals surface area contributed by atoms with Crippen LogP contribution in [0.5, 0.6) is 0 Å². The predicted molar refractivity (Wildman–Crippen MR) is 117 cm³/mol. The summed E-state index contributed by atoms with van der Waals surface area (Å²) in [5.74, 6) is -1.48. The van der Waals surface area contributed by atoms with Gasteiger partial charge in [0.15, 0.2) is 5.16 Å². The molecular formula is C20H21BrN4O3S. The number of hydrogen-bond donors (Lipinski definition) is 2. The van der Waals surface area contributed by atoms with E-state index in [1.54, 1.807) is 13.8 Å². The van der Waals surface area contributed by atoms with Crippen LogP contribution in [-0.2, 0) is 16.0 Å². The van der Waals surface area contributed by atoms with Crippen molar-refractivity contribution in [3.8, 4) is 5.69 Å². The van der Waals surface area contributed by atoms with Crippen LogP contribution in [0.4, 0.5) is 0 Å². The van der Waals surface area contributed by atoms with E-state index in [0.29, 0.717) is 9.89 Å². The van der Waals surface area contributed by atoms with Gasteiger partial charge in [0, 0.05) is 5.39 Å². The fourth-order valence-electron chi connectivity index (χ4n) is 3.01. The average Bonchev–Trinajstić information content (AvgIpc) is 3.04. The number of carboxylic acid groups (broad SMARTS) is 1. The van der Waals surface area contributed by atoms with E-state index in [2.05, 4.69) is 56.6 Å². The molecule has 152 valence electrons. The number of aromatic nitrogens is 3. The number of halogens is 1. The molecule has 0 spiro atoms. The van der Waals surface area contributed by atoms with Crippen molar-refractivity contribution in [3.05, 3.63) is 46.7 Å². The lowest BCUT2D eigenvalue weighted by atomic mass is 10.0. The second-order valence-corrected chi connectivity index (χ2v) is 9.22. The number of aliphatic carboxylic acids is 1. The molecule has 1 aromatic heterocycles. The van der Waals surface area contributed by atoms with Crippen molar-refractivity contribution in [2.75, 3.05) is 6.54 Å². The zero-order valence-corrected chi connectivity index (χ0v) is 18.7. The largest absolute Gasteiger partial charge is 0.480 e. The lowest BCUT2D eigenvalue weighted by molar-refractivity contribution is -0.138. The van der Waals surface area contributed by atoms with Crippen molar-refractivity contribution in [3.63, 3.8) is 0 Å². The Bertz CT molecular complexity index is 1080. The van der Waals surface area contributed by atoms with Gasteiger partial charge in [0.2, 0.25) is 10.6 Å². The molecule has 3 rings (SSSR count). The first kappa shape index (κ1) is 21.3. The van der Waals surface area contributed by atoms with Crippen LogP contribution in [-0.4, -0.2) is 43.0 Å². The number of fused-ring (bicyclic) bond motifs is 1. The molecule has 0 bridgehead atoms. The average molecular weight is 477 g/mol. The molecule has 0 saturated heterocycles. The molecule has 2 N–H and O–H groups in total. The van der Waals surface area contributed by atoms with Gasteiger partial charge in [-0.1, -0.05) is 49.0 Å². The zero-order chi connectivity index (χ0) is 21.2. The molecular weight excluding hydrogens is 456 g/mol. The molecule has 0 atom stereocenters. The number of nitrogens with one attached hydrogen (secondary N) is 1. The Balaban J connectivity index is 2.02. The van der Waals surface area contributed by atoms with Crippen molar-refractivity contribution in [2.24, 2.45) is 0 Å². The van der Waals surface area contributed by atoms with Gasteiger partial charge in [-0.3, -0.25) is 14.2 Å². The molecule has 0 radical (unpaired) electrons. The SMILES string of the molecule is CCc1ccc(-n2c(Br)nnc2SC(C)(C)C(=O)NCC(=O)O)c2ccccc12. The minimum atomic E-state index is -1.09. The minimum absolute atomic E-state index is 0.387. The van der Waals surface area contributed by atoms with Gasteiger partial charge in [0.25, 0.3) is 0 Å². The van der Waals surface area contributed by atoms with Crippen molar-refractivity contribution in [1.82, 2.24) is 20.1 Å². The lowest BCUT2D eigenvalue weighted by Gasteiger charge is -2.22. The highest BCUT2D eigenvalue weighted by molar-refractivity contribution is 9.10. The smallest absolute Gasteiger partial charge is 0.322 e. The van der Waals surface area contributed by atoms with Gasteiger partial charge < -0.3 is 10.4 Å². The number of thioether (sulfide) groups is 1. The second-order valence-electron chi connectivity index (χ2n) is 6.92. The monoisotopic (exact) mass is 476 g/mol. The molecule has 29 heavy (non-hydrogen) atoms. The summed E-state index contributed by atoms with van der Waals surface area (Å²) in [6.07, 6.45) is 0.919. The summed E-state index contributed by atoms with van der Waals surface area (Å²) in [5, 5.41) is 22.4. The summed E-state index contributed by atoms with van der Waals surface area (Å²) in [7, 11) is 0. The lowest BCUT2D eigenvalue weighted by Crippen LogP contribution is -2.42. The summed E-state index contributed by atoms with van der Waals surface area (Å²) in [6.45, 7) is 5.14. The Labute approximate surface area is 181 Å². The molecule has 0 aliphatic rings. The van der Waals surface area contributed by atoms with Gasteiger partial charge in [-0.05, 0) is 53.2 Å². The maximum Gasteiger partial charge on any atom is 0.322 e. The standard InChI is InChI=1S/C20H21BrN4O3S/c1-4-12-9-10-15(14-8-6-5-7-13(12)14)25-18(21)23-24-19(25)29-20(2,3)17(28)22-11-16(26)27/h5-10H,4,11H2,1-3H3,(H,22,28)(H,26,27). The highest BCUT2D eigenvalue weighted by Crippen LogP contribution is 2.36. The first-order chi connectivity index (χ1) is 13.7. The van der Waals surface area contributed by atoms with E-state index in [1.165, 1.54) is 17.3 Å². The summed E-state index contributed by atoms with van der Waals surface area (Å²) in [5.41, 5.74) is 2.15. The number of carboxylic acids is 1. The van der Waals surface area contributed by atoms with E-state index in [4.69, 9.17) is 5.11 Å². The molecule has 0 fully saturated rings. The molecule has 2 aromatic carbocycles. The van der Waals surface area contributed by atoms with Crippen LogP contribution in [0.2, 0.25) is 0 Å². The summed E-state index contributed by atoms with van der Waals surface area (Å²) in [6, 6.07) is 12.2. The molecule has 3 aromatic rings. The number of benzene rings is 2. The molecule has 0 aliphatic heterocycles. The van der Waals surface area contributed by atoms with Crippen LogP contribution in [0, 0.1) is 0 Å². The normalized spacial score (nSPS) is 11.6. The summed E-state index contributed by atoms with van der Waals surface area (Å²) >= 11 is 4.69. The van der Waals surface area contributed by atoms with E-state index >= 15 is 0 Å². The van der Waals surface area contributed by atoms with Crippen molar-refractivity contribution in [1.29, 1.82) is 0 Å². The highest BCUT2D eigenvalue weighted by atomic mass is 79.9. The van der Waals surface area contributed by atoms with E-state index in [0.717, 1.165) is 22.9 Å². The van der Waals surface area contributed by atoms with Gasteiger partial charge in [-0.25, -0.2) is 0 Å². The molecule has 9 heteroatoms. The van der Waals surface area contributed by atoms with Crippen LogP contribution >= 0.6 is 27.7 Å². The topological polar surface area (TPSA) is 97.1 Å². The first-order valence-electron chi connectivity index (χ1n) is 9.05. The number of amides is 1. The van der Waals surface area contributed by atoms with Gasteiger partial charge in [-0.15, -0.1) is 10.2 Å². The number of carbonyl (C=O) groups excluding carboxylic acids is 1. The van der Waals surface area contributed by atoms with Crippen LogP contribution in [0.15, 0.2) is 46.3 Å². The predicted octanol–water partition coefficient (Wildman–Crippen LogP) is 3.82. The zero-order valence-electron chi connectivity index (χ0n) is 16.3. The van der Waals surface area contributed by atoms with Gasteiger partial charge in [-0.2, -0.15) is 0 Å². The van der Waals surface area contributed by atoms with Gasteiger partial charge >= 0.3 is 5.97 Å². The fraction of sp³-hybridized carbons (Fsp3) is 0.300. The van der Waals surface area contributed by atoms with Gasteiger partial charge in [0.1, 0.15) is 6.54 Å². The van der Waals surface area contributed by atoms with E-state index in [1.807, 2.05) is 22.8 Å². The van der Waals surface area contributed by atoms with E-state index in [9.17, 15) is 9.59 Å². The maximum atomic E-state index is 12.5. The van der Waals surface area contributed by atoms with Crippen LogP contribution in [0.3, 0.4) is 0 Å². The van der Waals surface area contributed by atoms with E-state index < -0.39 is 17.3 Å². The van der Waals surface area contributed by atoms with Crippen molar-refractivity contribution in [2.45, 2.75) is 37.1 Å². The third-order valence-corrected chi connectivity index (χ3v) is 6.16. The number of hydrogen-bond acceptors (Lipinski definition) is 5. The Morgan fingerprint density at radius 1 is 1.17 bits per heavy atom. The van der Waals surface area contributed by atoms with Gasteiger partial charge in [0.05, 0.1) is 10.4 Å². The third-order valence-electron chi connectivity index (χ3n) is 4.50.